The fraction of sp³-hybridized carbons (Fsp3) is 0.923. The molecule has 0 amide bonds. The summed E-state index contributed by atoms with van der Waals surface area (Å²) in [5.41, 5.74) is -0.263. The fourth-order valence-electron chi connectivity index (χ4n) is 3.58. The van der Waals surface area contributed by atoms with Crippen LogP contribution in [0.1, 0.15) is 38.5 Å². The lowest BCUT2D eigenvalue weighted by Crippen LogP contribution is -2.50. The Labute approximate surface area is 106 Å². The summed E-state index contributed by atoms with van der Waals surface area (Å²) in [5.74, 6) is -0.221. The van der Waals surface area contributed by atoms with E-state index in [0.29, 0.717) is 6.42 Å². The van der Waals surface area contributed by atoms with E-state index in [9.17, 15) is 9.90 Å². The molecule has 5 nitrogen and oxygen atoms in total. The van der Waals surface area contributed by atoms with E-state index in [1.54, 1.807) is 0 Å². The molecule has 3 fully saturated rings. The highest BCUT2D eigenvalue weighted by Crippen LogP contribution is 2.49. The molecule has 0 aromatic heterocycles. The Morgan fingerprint density at radius 2 is 2.28 bits per heavy atom. The van der Waals surface area contributed by atoms with Crippen molar-refractivity contribution >= 4 is 5.97 Å². The smallest absolute Gasteiger partial charge is 0.308 e. The standard InChI is InChI=1S/C13H20O5/c1-16-12(15)6-8-2-3-11-13(18-8)5-4-9(14)10(7-13)17-11/h8-11,14H,2-7H2,1H3/t8?,9-,10-,11?,13?/m1/s1. The summed E-state index contributed by atoms with van der Waals surface area (Å²) in [7, 11) is 1.40. The van der Waals surface area contributed by atoms with E-state index in [-0.39, 0.29) is 36.0 Å². The molecule has 3 aliphatic rings. The zero-order chi connectivity index (χ0) is 12.8. The normalized spacial score (nSPS) is 46.6. The van der Waals surface area contributed by atoms with Crippen molar-refractivity contribution in [2.45, 2.75) is 68.5 Å². The van der Waals surface area contributed by atoms with Crippen molar-refractivity contribution in [3.63, 3.8) is 0 Å². The molecule has 2 saturated heterocycles. The molecular weight excluding hydrogens is 236 g/mol. The molecule has 0 radical (unpaired) electrons. The van der Waals surface area contributed by atoms with Crippen molar-refractivity contribution in [3.05, 3.63) is 0 Å². The van der Waals surface area contributed by atoms with Crippen molar-refractivity contribution in [1.29, 1.82) is 0 Å². The zero-order valence-corrected chi connectivity index (χ0v) is 10.6. The Kier molecular flexibility index (Phi) is 3.08. The van der Waals surface area contributed by atoms with Gasteiger partial charge in [-0.1, -0.05) is 0 Å². The van der Waals surface area contributed by atoms with Gasteiger partial charge in [-0.3, -0.25) is 4.79 Å². The van der Waals surface area contributed by atoms with E-state index >= 15 is 0 Å². The summed E-state index contributed by atoms with van der Waals surface area (Å²) in [4.78, 5) is 11.3. The monoisotopic (exact) mass is 256 g/mol. The first kappa shape index (κ1) is 12.4. The molecule has 2 heterocycles. The van der Waals surface area contributed by atoms with E-state index in [1.807, 2.05) is 0 Å². The Morgan fingerprint density at radius 1 is 1.44 bits per heavy atom. The maximum atomic E-state index is 11.3. The Balaban J connectivity index is 1.69. The lowest BCUT2D eigenvalue weighted by atomic mass is 9.77. The molecule has 0 aromatic rings. The minimum Gasteiger partial charge on any atom is -0.469 e. The lowest BCUT2D eigenvalue weighted by molar-refractivity contribution is -0.176. The lowest BCUT2D eigenvalue weighted by Gasteiger charge is -2.43. The minimum absolute atomic E-state index is 0.0636. The maximum Gasteiger partial charge on any atom is 0.308 e. The van der Waals surface area contributed by atoms with Gasteiger partial charge < -0.3 is 19.3 Å². The van der Waals surface area contributed by atoms with Gasteiger partial charge in [0.1, 0.15) is 0 Å². The number of aliphatic hydroxyl groups is 1. The zero-order valence-electron chi connectivity index (χ0n) is 10.6. The first-order valence-electron chi connectivity index (χ1n) is 6.71. The van der Waals surface area contributed by atoms with Crippen LogP contribution in [0.2, 0.25) is 0 Å². The highest BCUT2D eigenvalue weighted by atomic mass is 16.6. The summed E-state index contributed by atoms with van der Waals surface area (Å²) >= 11 is 0. The van der Waals surface area contributed by atoms with Crippen LogP contribution in [0, 0.1) is 0 Å². The number of esters is 1. The van der Waals surface area contributed by atoms with Gasteiger partial charge in [0.2, 0.25) is 0 Å². The van der Waals surface area contributed by atoms with Crippen LogP contribution < -0.4 is 0 Å². The highest BCUT2D eigenvalue weighted by molar-refractivity contribution is 5.69. The molecule has 18 heavy (non-hydrogen) atoms. The average Bonchev–Trinajstić information content (AvgIpc) is 2.68. The second-order valence-corrected chi connectivity index (χ2v) is 5.64. The van der Waals surface area contributed by atoms with Crippen LogP contribution in [-0.2, 0) is 19.0 Å². The van der Waals surface area contributed by atoms with Gasteiger partial charge >= 0.3 is 5.97 Å². The van der Waals surface area contributed by atoms with Crippen molar-refractivity contribution in [1.82, 2.24) is 0 Å². The fourth-order valence-corrected chi connectivity index (χ4v) is 3.58. The summed E-state index contributed by atoms with van der Waals surface area (Å²) in [6.07, 6.45) is 3.95. The summed E-state index contributed by atoms with van der Waals surface area (Å²) in [6, 6.07) is 0. The van der Waals surface area contributed by atoms with Crippen molar-refractivity contribution in [3.8, 4) is 0 Å². The van der Waals surface area contributed by atoms with Crippen LogP contribution in [0.4, 0.5) is 0 Å². The van der Waals surface area contributed by atoms with E-state index in [2.05, 4.69) is 0 Å². The summed E-state index contributed by atoms with van der Waals surface area (Å²) in [6.45, 7) is 0. The van der Waals surface area contributed by atoms with Crippen molar-refractivity contribution < 1.29 is 24.1 Å². The second kappa shape index (κ2) is 4.47. The Morgan fingerprint density at radius 3 is 3.06 bits per heavy atom. The highest BCUT2D eigenvalue weighted by Gasteiger charge is 2.57. The predicted molar refractivity (Wildman–Crippen MR) is 62.0 cm³/mol. The molecule has 1 saturated carbocycles. The van der Waals surface area contributed by atoms with Crippen LogP contribution in [0.5, 0.6) is 0 Å². The van der Waals surface area contributed by atoms with E-state index in [1.165, 1.54) is 7.11 Å². The van der Waals surface area contributed by atoms with Crippen LogP contribution in [-0.4, -0.2) is 48.2 Å². The molecule has 2 aliphatic heterocycles. The molecule has 102 valence electrons. The molecule has 1 aliphatic carbocycles. The number of fused-ring (bicyclic) bond motifs is 1. The molecule has 3 unspecified atom stereocenters. The second-order valence-electron chi connectivity index (χ2n) is 5.64. The van der Waals surface area contributed by atoms with E-state index in [0.717, 1.165) is 32.1 Å². The molecule has 1 spiro atoms. The molecular formula is C13H20O5. The number of rotatable bonds is 2. The summed E-state index contributed by atoms with van der Waals surface area (Å²) < 4.78 is 16.7. The minimum atomic E-state index is -0.358. The Hall–Kier alpha value is -0.650. The number of hydrogen-bond acceptors (Lipinski definition) is 5. The van der Waals surface area contributed by atoms with Crippen molar-refractivity contribution in [2.24, 2.45) is 0 Å². The van der Waals surface area contributed by atoms with Crippen LogP contribution in [0.15, 0.2) is 0 Å². The molecule has 5 heteroatoms. The number of carbonyl (C=O) groups is 1. The van der Waals surface area contributed by atoms with Crippen molar-refractivity contribution in [2.75, 3.05) is 7.11 Å². The van der Waals surface area contributed by atoms with Crippen LogP contribution in [0.3, 0.4) is 0 Å². The van der Waals surface area contributed by atoms with E-state index < -0.39 is 0 Å². The van der Waals surface area contributed by atoms with Gasteiger partial charge in [-0.15, -0.1) is 0 Å². The number of ether oxygens (including phenoxy) is 3. The number of methoxy groups -OCH3 is 1. The van der Waals surface area contributed by atoms with Gasteiger partial charge in [0.05, 0.1) is 43.5 Å². The molecule has 5 atom stereocenters. The van der Waals surface area contributed by atoms with Crippen LogP contribution in [0.25, 0.3) is 0 Å². The van der Waals surface area contributed by atoms with Gasteiger partial charge in [-0.2, -0.15) is 0 Å². The number of aliphatic hydroxyl groups excluding tert-OH is 1. The average molecular weight is 256 g/mol. The van der Waals surface area contributed by atoms with Gasteiger partial charge in [0, 0.05) is 6.42 Å². The number of carbonyl (C=O) groups excluding carboxylic acids is 1. The third kappa shape index (κ3) is 1.94. The largest absolute Gasteiger partial charge is 0.469 e. The molecule has 0 aromatic carbocycles. The third-order valence-electron chi connectivity index (χ3n) is 4.54. The molecule has 2 bridgehead atoms. The first-order chi connectivity index (χ1) is 8.63. The molecule has 1 N–H and O–H groups in total. The SMILES string of the molecule is COC(=O)CC1CCC2O[C@@H]3CC2(CC[C@H]3O)O1. The predicted octanol–water partition coefficient (Wildman–Crippen LogP) is 0.779. The summed E-state index contributed by atoms with van der Waals surface area (Å²) in [5, 5.41) is 9.83. The number of hydrogen-bond donors (Lipinski definition) is 1. The first-order valence-corrected chi connectivity index (χ1v) is 6.71. The molecule has 3 rings (SSSR count). The Bertz CT molecular complexity index is 344. The van der Waals surface area contributed by atoms with Crippen LogP contribution >= 0.6 is 0 Å². The van der Waals surface area contributed by atoms with E-state index in [4.69, 9.17) is 14.2 Å². The van der Waals surface area contributed by atoms with Gasteiger partial charge in [0.15, 0.2) is 0 Å². The maximum absolute atomic E-state index is 11.3. The van der Waals surface area contributed by atoms with Gasteiger partial charge in [0.25, 0.3) is 0 Å². The quantitative estimate of drug-likeness (QED) is 0.740. The topological polar surface area (TPSA) is 65.0 Å². The van der Waals surface area contributed by atoms with Gasteiger partial charge in [-0.05, 0) is 25.7 Å². The van der Waals surface area contributed by atoms with Gasteiger partial charge in [-0.25, -0.2) is 0 Å². The third-order valence-corrected chi connectivity index (χ3v) is 4.54.